The summed E-state index contributed by atoms with van der Waals surface area (Å²) in [5.74, 6) is -2.42. The van der Waals surface area contributed by atoms with Gasteiger partial charge in [0.1, 0.15) is 11.7 Å². The van der Waals surface area contributed by atoms with Gasteiger partial charge < -0.3 is 0 Å². The molecule has 0 aliphatic carbocycles. The average molecular weight is 437 g/mol. The summed E-state index contributed by atoms with van der Waals surface area (Å²) in [6, 6.07) is 20.5. The van der Waals surface area contributed by atoms with Crippen molar-refractivity contribution in [3.63, 3.8) is 0 Å². The summed E-state index contributed by atoms with van der Waals surface area (Å²) in [6.07, 6.45) is -1.00. The third-order valence-electron chi connectivity index (χ3n) is 5.71. The number of carbonyl (C=O) groups excluding carboxylic acids is 2. The largest absolute Gasteiger partial charge is 0.273 e. The lowest BCUT2D eigenvalue weighted by Crippen LogP contribution is -2.37. The van der Waals surface area contributed by atoms with E-state index in [0.717, 1.165) is 27.8 Å². The van der Waals surface area contributed by atoms with E-state index in [1.165, 1.54) is 12.1 Å². The average Bonchev–Trinajstić information content (AvgIpc) is 3.28. The van der Waals surface area contributed by atoms with E-state index in [9.17, 15) is 14.0 Å². The number of hydroxylamine groups is 1. The van der Waals surface area contributed by atoms with Crippen LogP contribution in [0.15, 0.2) is 72.8 Å². The Labute approximate surface area is 183 Å². The summed E-state index contributed by atoms with van der Waals surface area (Å²) in [4.78, 5) is 33.7. The minimum absolute atomic E-state index is 0.0768. The van der Waals surface area contributed by atoms with E-state index < -0.39 is 35.7 Å². The Balaban J connectivity index is 1.58. The maximum atomic E-state index is 14.0. The first-order chi connectivity index (χ1) is 15.0. The highest BCUT2D eigenvalue weighted by molar-refractivity contribution is 6.31. The monoisotopic (exact) mass is 436 g/mol. The molecule has 0 N–H and O–H groups in total. The van der Waals surface area contributed by atoms with E-state index in [1.807, 2.05) is 61.5 Å². The minimum atomic E-state index is -1.00. The van der Waals surface area contributed by atoms with Gasteiger partial charge in [0, 0.05) is 0 Å². The lowest BCUT2D eigenvalue weighted by molar-refractivity contribution is -0.126. The molecular weight excluding hydrogens is 419 g/mol. The second-order valence-electron chi connectivity index (χ2n) is 7.68. The van der Waals surface area contributed by atoms with E-state index >= 15 is 0 Å². The van der Waals surface area contributed by atoms with Crippen LogP contribution in [-0.4, -0.2) is 17.9 Å². The van der Waals surface area contributed by atoms with Crippen molar-refractivity contribution in [3.8, 4) is 0 Å². The predicted molar refractivity (Wildman–Crippen MR) is 115 cm³/mol. The first-order valence-electron chi connectivity index (χ1n) is 9.86. The number of anilines is 2. The lowest BCUT2D eigenvalue weighted by Gasteiger charge is -2.28. The Morgan fingerprint density at radius 1 is 0.903 bits per heavy atom. The lowest BCUT2D eigenvalue weighted by atomic mass is 9.90. The third kappa shape index (κ3) is 3.19. The van der Waals surface area contributed by atoms with Crippen LogP contribution in [0.25, 0.3) is 0 Å². The van der Waals surface area contributed by atoms with Crippen LogP contribution < -0.4 is 9.96 Å². The summed E-state index contributed by atoms with van der Waals surface area (Å²) in [5.41, 5.74) is 2.82. The van der Waals surface area contributed by atoms with E-state index in [4.69, 9.17) is 16.4 Å². The van der Waals surface area contributed by atoms with Gasteiger partial charge in [-0.2, -0.15) is 0 Å². The zero-order valence-corrected chi connectivity index (χ0v) is 17.3. The van der Waals surface area contributed by atoms with E-state index in [0.29, 0.717) is 0 Å². The summed E-state index contributed by atoms with van der Waals surface area (Å²) in [5, 5.41) is 1.56. The molecule has 3 aromatic rings. The SMILES string of the molecule is Cc1ccc([C@H]2[C@@H]3C(=O)N(c4ccc(Cl)c(F)c4)C(=O)[C@H]3ON2c2ccccc2)cc1. The molecular formula is C24H18ClFN2O3. The standard InChI is InChI=1S/C24H18ClFN2O3/c1-14-7-9-15(10-8-14)21-20-22(31-28(21)16-5-3-2-4-6-16)24(30)27(23(20)29)17-11-12-18(25)19(26)13-17/h2-13,20-22H,1H3/t20-,21-,22-/m0/s1. The number of hydrogen-bond donors (Lipinski definition) is 0. The molecule has 0 spiro atoms. The molecule has 0 bridgehead atoms. The van der Waals surface area contributed by atoms with E-state index in [-0.39, 0.29) is 10.7 Å². The molecule has 2 aliphatic rings. The van der Waals surface area contributed by atoms with E-state index in [1.54, 1.807) is 5.06 Å². The highest BCUT2D eigenvalue weighted by atomic mass is 35.5. The number of halogens is 2. The van der Waals surface area contributed by atoms with Gasteiger partial charge in [0.05, 0.1) is 22.4 Å². The van der Waals surface area contributed by atoms with Crippen molar-refractivity contribution in [2.45, 2.75) is 19.1 Å². The number of nitrogens with zero attached hydrogens (tertiary/aromatic N) is 2. The van der Waals surface area contributed by atoms with Gasteiger partial charge in [0.15, 0.2) is 6.10 Å². The molecule has 3 aromatic carbocycles. The molecule has 156 valence electrons. The molecule has 0 unspecified atom stereocenters. The van der Waals surface area contributed by atoms with Crippen molar-refractivity contribution in [3.05, 3.63) is 94.8 Å². The number of hydrogen-bond acceptors (Lipinski definition) is 4. The fourth-order valence-corrected chi connectivity index (χ4v) is 4.31. The van der Waals surface area contributed by atoms with Gasteiger partial charge in [0.2, 0.25) is 5.91 Å². The van der Waals surface area contributed by atoms with Crippen LogP contribution in [0.3, 0.4) is 0 Å². The number of rotatable bonds is 3. The quantitative estimate of drug-likeness (QED) is 0.551. The summed E-state index contributed by atoms with van der Waals surface area (Å²) < 4.78 is 14.0. The van der Waals surface area contributed by atoms with Crippen molar-refractivity contribution in [2.75, 3.05) is 9.96 Å². The molecule has 0 saturated carbocycles. The van der Waals surface area contributed by atoms with Crippen LogP contribution >= 0.6 is 11.6 Å². The highest BCUT2D eigenvalue weighted by Crippen LogP contribution is 2.47. The highest BCUT2D eigenvalue weighted by Gasteiger charge is 2.60. The third-order valence-corrected chi connectivity index (χ3v) is 6.01. The molecule has 2 heterocycles. The number of aryl methyl sites for hydroxylation is 1. The number of benzene rings is 3. The molecule has 2 aliphatic heterocycles. The summed E-state index contributed by atoms with van der Waals surface area (Å²) in [7, 11) is 0. The van der Waals surface area contributed by atoms with Gasteiger partial charge in [-0.15, -0.1) is 0 Å². The Hall–Kier alpha value is -3.22. The molecule has 3 atom stereocenters. The van der Waals surface area contributed by atoms with Gasteiger partial charge in [0.25, 0.3) is 5.91 Å². The van der Waals surface area contributed by atoms with Gasteiger partial charge in [-0.25, -0.2) is 14.4 Å². The zero-order chi connectivity index (χ0) is 21.7. The first-order valence-corrected chi connectivity index (χ1v) is 10.2. The molecule has 7 heteroatoms. The second kappa shape index (κ2) is 7.48. The maximum absolute atomic E-state index is 14.0. The molecule has 0 radical (unpaired) electrons. The normalized spacial score (nSPS) is 22.9. The summed E-state index contributed by atoms with van der Waals surface area (Å²) >= 11 is 5.76. The van der Waals surface area contributed by atoms with Crippen molar-refractivity contribution in [1.82, 2.24) is 0 Å². The fraction of sp³-hybridized carbons (Fsp3) is 0.167. The first kappa shape index (κ1) is 19.7. The van der Waals surface area contributed by atoms with Crippen LogP contribution in [0.4, 0.5) is 15.8 Å². The van der Waals surface area contributed by atoms with Crippen LogP contribution in [0.5, 0.6) is 0 Å². The number of imide groups is 1. The fourth-order valence-electron chi connectivity index (χ4n) is 4.19. The van der Waals surface area contributed by atoms with Gasteiger partial charge in [-0.05, 0) is 42.8 Å². The molecule has 2 saturated heterocycles. The van der Waals surface area contributed by atoms with Crippen molar-refractivity contribution < 1.29 is 18.8 Å². The zero-order valence-electron chi connectivity index (χ0n) is 16.5. The summed E-state index contributed by atoms with van der Waals surface area (Å²) in [6.45, 7) is 1.98. The number of carbonyl (C=O) groups is 2. The second-order valence-corrected chi connectivity index (χ2v) is 8.09. The number of para-hydroxylation sites is 1. The van der Waals surface area contributed by atoms with Crippen molar-refractivity contribution in [1.29, 1.82) is 0 Å². The molecule has 0 aromatic heterocycles. The van der Waals surface area contributed by atoms with Crippen LogP contribution in [-0.2, 0) is 14.4 Å². The van der Waals surface area contributed by atoms with Gasteiger partial charge >= 0.3 is 0 Å². The predicted octanol–water partition coefficient (Wildman–Crippen LogP) is 4.84. The van der Waals surface area contributed by atoms with Crippen molar-refractivity contribution in [2.24, 2.45) is 5.92 Å². The van der Waals surface area contributed by atoms with E-state index in [2.05, 4.69) is 0 Å². The van der Waals surface area contributed by atoms with Gasteiger partial charge in [-0.3, -0.25) is 14.4 Å². The Morgan fingerprint density at radius 2 is 1.61 bits per heavy atom. The van der Waals surface area contributed by atoms with Crippen LogP contribution in [0.1, 0.15) is 17.2 Å². The molecule has 5 nitrogen and oxygen atoms in total. The minimum Gasteiger partial charge on any atom is -0.273 e. The topological polar surface area (TPSA) is 49.9 Å². The molecule has 5 rings (SSSR count). The number of amides is 2. The Kier molecular flexibility index (Phi) is 4.76. The number of fused-ring (bicyclic) bond motifs is 1. The molecule has 2 amide bonds. The smallest absolute Gasteiger partial charge is 0.266 e. The Morgan fingerprint density at radius 3 is 2.29 bits per heavy atom. The maximum Gasteiger partial charge on any atom is 0.266 e. The van der Waals surface area contributed by atoms with Crippen LogP contribution in [0, 0.1) is 18.7 Å². The van der Waals surface area contributed by atoms with Crippen molar-refractivity contribution >= 4 is 34.8 Å². The van der Waals surface area contributed by atoms with Gasteiger partial charge in [-0.1, -0.05) is 59.6 Å². The molecule has 31 heavy (non-hydrogen) atoms. The molecule has 2 fully saturated rings. The Bertz CT molecular complexity index is 1170. The van der Waals surface area contributed by atoms with Crippen LogP contribution in [0.2, 0.25) is 5.02 Å².